The Morgan fingerprint density at radius 3 is 1.77 bits per heavy atom. The lowest BCUT2D eigenvalue weighted by Crippen LogP contribution is -2.11. The van der Waals surface area contributed by atoms with E-state index in [9.17, 15) is 24.3 Å². The molecular weight excluding hydrogens is 412 g/mol. The first-order valence-electron chi connectivity index (χ1n) is 8.54. The average molecular weight is 432 g/mol. The molecule has 0 heterocycles. The van der Waals surface area contributed by atoms with Gasteiger partial charge in [0, 0.05) is 0 Å². The first-order chi connectivity index (χ1) is 14.9. The quantitative estimate of drug-likeness (QED) is 0.162. The highest BCUT2D eigenvalue weighted by atomic mass is 16.5. The van der Waals surface area contributed by atoms with E-state index < -0.39 is 11.9 Å². The number of carboxylic acid groups (broad SMARTS) is 1. The van der Waals surface area contributed by atoms with Crippen molar-refractivity contribution in [2.24, 2.45) is 9.98 Å². The van der Waals surface area contributed by atoms with Crippen LogP contribution in [-0.2, 0) is 9.59 Å². The van der Waals surface area contributed by atoms with Gasteiger partial charge in [0.15, 0.2) is 0 Å². The van der Waals surface area contributed by atoms with Crippen molar-refractivity contribution < 1.29 is 44.3 Å². The van der Waals surface area contributed by atoms with Crippen molar-refractivity contribution in [3.8, 4) is 11.5 Å². The van der Waals surface area contributed by atoms with Gasteiger partial charge in [0.2, 0.25) is 12.2 Å². The number of aromatic hydroxyl groups is 1. The molecule has 0 fully saturated rings. The lowest BCUT2D eigenvalue weighted by molar-refractivity contribution is 0.0681. The number of aliphatic imine (C=N–C) groups is 2. The van der Waals surface area contributed by atoms with Crippen LogP contribution in [0.5, 0.6) is 11.5 Å². The first-order valence-corrected chi connectivity index (χ1v) is 8.54. The molecule has 0 unspecified atom stereocenters. The number of aromatic carboxylic acids is 1. The third kappa shape index (κ3) is 11.4. The molecule has 4 N–H and O–H groups in total. The van der Waals surface area contributed by atoms with Crippen LogP contribution in [0.25, 0.3) is 0 Å². The summed E-state index contributed by atoms with van der Waals surface area (Å²) in [6.07, 6.45) is 2.62. The minimum Gasteiger partial charge on any atom is -0.507 e. The second kappa shape index (κ2) is 16.8. The van der Waals surface area contributed by atoms with Crippen LogP contribution in [0.2, 0.25) is 0 Å². The minimum atomic E-state index is -1.19. The highest BCUT2D eigenvalue weighted by Crippen LogP contribution is 2.22. The molecule has 0 radical (unpaired) electrons. The number of hydrogen-bond acceptors (Lipinski definition) is 10. The van der Waals surface area contributed by atoms with Gasteiger partial charge in [-0.25, -0.2) is 29.2 Å². The Morgan fingerprint density at radius 1 is 0.839 bits per heavy atom. The van der Waals surface area contributed by atoms with Crippen molar-refractivity contribution in [2.45, 2.75) is 0 Å². The van der Waals surface area contributed by atoms with E-state index in [0.29, 0.717) is 0 Å². The van der Waals surface area contributed by atoms with Crippen molar-refractivity contribution in [2.75, 3.05) is 26.3 Å². The summed E-state index contributed by atoms with van der Waals surface area (Å²) in [6.45, 7) is 0.192. The van der Waals surface area contributed by atoms with Crippen molar-refractivity contribution in [1.29, 1.82) is 0 Å². The Balaban J connectivity index is 0.000000625. The lowest BCUT2D eigenvalue weighted by Gasteiger charge is -2.07. The van der Waals surface area contributed by atoms with Crippen molar-refractivity contribution in [1.82, 2.24) is 0 Å². The second-order valence-corrected chi connectivity index (χ2v) is 5.10. The largest absolute Gasteiger partial charge is 0.507 e. The maximum absolute atomic E-state index is 11.8. The van der Waals surface area contributed by atoms with Crippen LogP contribution in [0.3, 0.4) is 0 Å². The molecule has 0 aliphatic rings. The number of nitrogens with zero attached hydrogens (tertiary/aromatic N) is 2. The molecule has 0 aromatic heterocycles. The molecule has 164 valence electrons. The van der Waals surface area contributed by atoms with Gasteiger partial charge in [0.1, 0.15) is 22.6 Å². The molecule has 0 spiro atoms. The van der Waals surface area contributed by atoms with Gasteiger partial charge in [-0.2, -0.15) is 0 Å². The normalized spacial score (nSPS) is 8.71. The highest BCUT2D eigenvalue weighted by Gasteiger charge is 2.17. The molecule has 2 aromatic carbocycles. The summed E-state index contributed by atoms with van der Waals surface area (Å²) in [5.41, 5.74) is -0.144. The van der Waals surface area contributed by atoms with Gasteiger partial charge in [-0.05, 0) is 24.3 Å². The molecule has 0 saturated heterocycles. The molecule has 0 atom stereocenters. The molecule has 0 bridgehead atoms. The van der Waals surface area contributed by atoms with Gasteiger partial charge in [0.05, 0.1) is 26.3 Å². The molecule has 0 aliphatic heterocycles. The third-order valence-corrected chi connectivity index (χ3v) is 3.00. The Morgan fingerprint density at radius 2 is 1.32 bits per heavy atom. The standard InChI is InChI=1S/C14H10O5.C4H4N2O2.C2H6O2/c15-11-7-3-1-5-9(11)14(18)19-12-8-4-2-6-10(12)13(16)17;7-3-5-1-2-6-4-8;3-1-2-4/h1-8,15H,(H,16,17);1-2H2;3-4H,1-2H2. The maximum Gasteiger partial charge on any atom is 0.347 e. The predicted octanol–water partition coefficient (Wildman–Crippen LogP) is 0.939. The third-order valence-electron chi connectivity index (χ3n) is 3.00. The number of aliphatic hydroxyl groups is 2. The van der Waals surface area contributed by atoms with Crippen LogP contribution in [0.4, 0.5) is 0 Å². The number of carbonyl (C=O) groups is 2. The van der Waals surface area contributed by atoms with Crippen LogP contribution < -0.4 is 4.74 Å². The SMILES string of the molecule is O=C(Oc1ccccc1C(=O)O)c1ccccc1O.O=C=NCCN=C=O.OCCO. The van der Waals surface area contributed by atoms with Gasteiger partial charge < -0.3 is 25.2 Å². The van der Waals surface area contributed by atoms with Gasteiger partial charge >= 0.3 is 11.9 Å². The lowest BCUT2D eigenvalue weighted by atomic mass is 10.2. The number of hydrogen-bond donors (Lipinski definition) is 4. The van der Waals surface area contributed by atoms with Crippen LogP contribution in [0.1, 0.15) is 20.7 Å². The Hall–Kier alpha value is -4.14. The number of isocyanates is 2. The van der Waals surface area contributed by atoms with E-state index in [-0.39, 0.29) is 48.9 Å². The van der Waals surface area contributed by atoms with Crippen molar-refractivity contribution in [3.05, 3.63) is 59.7 Å². The Bertz CT molecular complexity index is 914. The number of ether oxygens (including phenoxy) is 1. The second-order valence-electron chi connectivity index (χ2n) is 5.10. The first kappa shape index (κ1) is 26.9. The van der Waals surface area contributed by atoms with E-state index in [2.05, 4.69) is 9.98 Å². The number of esters is 1. The fourth-order valence-corrected chi connectivity index (χ4v) is 1.72. The summed E-state index contributed by atoms with van der Waals surface area (Å²) in [7, 11) is 0. The summed E-state index contributed by atoms with van der Waals surface area (Å²) in [6, 6.07) is 11.7. The smallest absolute Gasteiger partial charge is 0.347 e. The number of phenols is 1. The number of benzene rings is 2. The number of phenolic OH excluding ortho intramolecular Hbond substituents is 1. The minimum absolute atomic E-state index is 0.0253. The van der Waals surface area contributed by atoms with Gasteiger partial charge in [-0.15, -0.1) is 0 Å². The van der Waals surface area contributed by atoms with Crippen LogP contribution in [-0.4, -0.2) is 70.8 Å². The van der Waals surface area contributed by atoms with Crippen LogP contribution >= 0.6 is 0 Å². The van der Waals surface area contributed by atoms with Gasteiger partial charge in [-0.3, -0.25) is 0 Å². The average Bonchev–Trinajstić information content (AvgIpc) is 2.78. The molecule has 0 saturated carbocycles. The monoisotopic (exact) mass is 432 g/mol. The summed E-state index contributed by atoms with van der Waals surface area (Å²) in [5, 5.41) is 33.7. The van der Waals surface area contributed by atoms with E-state index in [0.717, 1.165) is 0 Å². The van der Waals surface area contributed by atoms with E-state index in [1.54, 1.807) is 18.2 Å². The van der Waals surface area contributed by atoms with Crippen LogP contribution in [0.15, 0.2) is 58.5 Å². The van der Waals surface area contributed by atoms with Gasteiger partial charge in [-0.1, -0.05) is 24.3 Å². The number of carboxylic acids is 1. The van der Waals surface area contributed by atoms with E-state index in [4.69, 9.17) is 20.1 Å². The number of rotatable bonds is 7. The van der Waals surface area contributed by atoms with Crippen molar-refractivity contribution in [3.63, 3.8) is 0 Å². The molecule has 0 amide bonds. The fourth-order valence-electron chi connectivity index (χ4n) is 1.72. The zero-order valence-corrected chi connectivity index (χ0v) is 16.2. The van der Waals surface area contributed by atoms with E-state index in [1.807, 2.05) is 0 Å². The summed E-state index contributed by atoms with van der Waals surface area (Å²) >= 11 is 0. The number of para-hydroxylation sites is 2. The molecule has 0 aliphatic carbocycles. The molecule has 2 rings (SSSR count). The zero-order chi connectivity index (χ0) is 23.5. The molecule has 11 nitrogen and oxygen atoms in total. The van der Waals surface area contributed by atoms with Crippen molar-refractivity contribution >= 4 is 24.1 Å². The summed E-state index contributed by atoms with van der Waals surface area (Å²) < 4.78 is 4.99. The molecule has 31 heavy (non-hydrogen) atoms. The highest BCUT2D eigenvalue weighted by molar-refractivity contribution is 5.96. The topological polar surface area (TPSA) is 183 Å². The molecule has 2 aromatic rings. The van der Waals surface area contributed by atoms with E-state index >= 15 is 0 Å². The summed E-state index contributed by atoms with van der Waals surface area (Å²) in [5.74, 6) is -2.30. The fraction of sp³-hybridized carbons (Fsp3) is 0.200. The zero-order valence-electron chi connectivity index (χ0n) is 16.2. The van der Waals surface area contributed by atoms with E-state index in [1.165, 1.54) is 42.5 Å². The number of aliphatic hydroxyl groups excluding tert-OH is 2. The predicted molar refractivity (Wildman–Crippen MR) is 107 cm³/mol. The molecular formula is C20H20N2O9. The van der Waals surface area contributed by atoms with Crippen LogP contribution in [0, 0.1) is 0 Å². The Kier molecular flexibility index (Phi) is 14.5. The summed E-state index contributed by atoms with van der Waals surface area (Å²) in [4.78, 5) is 47.7. The Labute approximate surface area is 176 Å². The van der Waals surface area contributed by atoms with Gasteiger partial charge in [0.25, 0.3) is 0 Å². The molecule has 11 heteroatoms. The maximum atomic E-state index is 11.8. The number of carbonyl (C=O) groups excluding carboxylic acids is 3.